The molecule has 0 aliphatic heterocycles. The van der Waals surface area contributed by atoms with E-state index in [1.54, 1.807) is 0 Å². The summed E-state index contributed by atoms with van der Waals surface area (Å²) in [6.07, 6.45) is 12.1. The molecule has 6 rings (SSSR count). The van der Waals surface area contributed by atoms with Crippen molar-refractivity contribution in [2.75, 3.05) is 0 Å². The fraction of sp³-hybridized carbons (Fsp3) is 0.333. The third kappa shape index (κ3) is 16.2. The van der Waals surface area contributed by atoms with E-state index in [1.807, 2.05) is 72.8 Å². The second kappa shape index (κ2) is 26.3. The van der Waals surface area contributed by atoms with E-state index in [9.17, 15) is 0 Å². The SMILES string of the molecule is CCCc1ccc(OP(N[PH](N=[PH](Oc2ccc(CCC)cc2)Oc2ccc(CCC)cc2)(Oc2ccc(CCC)cc2)Oc2ccc(CCC)cc2)Oc2ccc(CCC)cc2)cc1. The van der Waals surface area contributed by atoms with Gasteiger partial charge in [-0.25, -0.2) is 0 Å². The Morgan fingerprint density at radius 1 is 0.369 bits per heavy atom. The predicted molar refractivity (Wildman–Crippen MR) is 276 cm³/mol. The molecule has 0 aliphatic rings. The van der Waals surface area contributed by atoms with Gasteiger partial charge >= 0.3 is 393 Å². The van der Waals surface area contributed by atoms with Crippen LogP contribution in [0.3, 0.4) is 0 Å². The van der Waals surface area contributed by atoms with E-state index in [0.717, 1.165) is 77.0 Å². The van der Waals surface area contributed by atoms with Crippen molar-refractivity contribution in [3.8, 4) is 34.5 Å². The quantitative estimate of drug-likeness (QED) is 0.0515. The van der Waals surface area contributed by atoms with E-state index in [0.29, 0.717) is 34.5 Å². The summed E-state index contributed by atoms with van der Waals surface area (Å²) >= 11 is 0. The van der Waals surface area contributed by atoms with Crippen LogP contribution in [-0.2, 0) is 38.5 Å². The van der Waals surface area contributed by atoms with Crippen molar-refractivity contribution in [3.63, 3.8) is 0 Å². The second-order valence-electron chi connectivity index (χ2n) is 16.3. The topological polar surface area (TPSA) is 79.8 Å². The van der Waals surface area contributed by atoms with Crippen molar-refractivity contribution in [2.24, 2.45) is 4.52 Å². The number of aryl methyl sites for hydroxylation is 6. The first-order chi connectivity index (χ1) is 31.8. The molecule has 8 nitrogen and oxygen atoms in total. The summed E-state index contributed by atoms with van der Waals surface area (Å²) in [6, 6.07) is 49.0. The van der Waals surface area contributed by atoms with Gasteiger partial charge in [-0.1, -0.05) is 0 Å². The summed E-state index contributed by atoms with van der Waals surface area (Å²) in [6.45, 7) is 13.1. The molecule has 65 heavy (non-hydrogen) atoms. The zero-order chi connectivity index (χ0) is 45.7. The van der Waals surface area contributed by atoms with E-state index in [2.05, 4.69) is 119 Å². The Kier molecular flexibility index (Phi) is 20.1. The van der Waals surface area contributed by atoms with E-state index < -0.39 is 24.7 Å². The van der Waals surface area contributed by atoms with Gasteiger partial charge in [0.25, 0.3) is 0 Å². The van der Waals surface area contributed by atoms with E-state index in [-0.39, 0.29) is 0 Å². The number of nitrogens with one attached hydrogen (secondary N) is 1. The Morgan fingerprint density at radius 3 is 0.877 bits per heavy atom. The van der Waals surface area contributed by atoms with Crippen LogP contribution in [0.4, 0.5) is 0 Å². The Morgan fingerprint density at radius 2 is 0.615 bits per heavy atom. The normalized spacial score (nSPS) is 11.6. The molecule has 0 amide bonds. The molecular formula is C54H69N2O6P3. The Labute approximate surface area is 391 Å². The van der Waals surface area contributed by atoms with E-state index >= 15 is 0 Å². The molecule has 0 spiro atoms. The first kappa shape index (κ1) is 49.6. The van der Waals surface area contributed by atoms with Gasteiger partial charge in [-0.2, -0.15) is 0 Å². The van der Waals surface area contributed by atoms with Crippen molar-refractivity contribution in [1.82, 2.24) is 4.86 Å². The van der Waals surface area contributed by atoms with E-state index in [4.69, 9.17) is 31.7 Å². The minimum atomic E-state index is -4.24. The molecule has 346 valence electrons. The Bertz CT molecular complexity index is 2150. The van der Waals surface area contributed by atoms with Crippen molar-refractivity contribution in [1.29, 1.82) is 0 Å². The minimum absolute atomic E-state index is 0.576. The number of hydrogen-bond acceptors (Lipinski definition) is 8. The molecule has 1 N–H and O–H groups in total. The standard InChI is InChI=1S/C54H69N2O6P3/c1-7-13-43-19-31-49(32-20-43)57-63(58-50-33-21-44(14-8-2)22-34-50)55-65(61-53-39-27-47(17-11-5)28-40-53,62-54-41-29-48(18-12-6)30-42-54)56-64(59-51-35-23-45(15-9-3)24-36-51)60-52-37-25-46(16-10-4)26-38-52/h19-42,55,64-65H,7-18H2,1-6H3. The third-order valence-corrected chi connectivity index (χ3v) is 16.9. The molecule has 0 radical (unpaired) electrons. The van der Waals surface area contributed by atoms with Gasteiger partial charge in [-0.3, -0.25) is 0 Å². The molecule has 6 aromatic rings. The van der Waals surface area contributed by atoms with Crippen LogP contribution >= 0.6 is 24.7 Å². The third-order valence-electron chi connectivity index (χ3n) is 10.5. The van der Waals surface area contributed by atoms with Crippen molar-refractivity contribution in [2.45, 2.75) is 119 Å². The number of nitrogens with zero attached hydrogens (tertiary/aromatic N) is 1. The zero-order valence-electron chi connectivity index (χ0n) is 39.2. The summed E-state index contributed by atoms with van der Waals surface area (Å²) in [4.78, 5) is 3.69. The molecule has 0 fully saturated rings. The molecule has 0 saturated carbocycles. The van der Waals surface area contributed by atoms with Gasteiger partial charge in [0.2, 0.25) is 0 Å². The predicted octanol–water partition coefficient (Wildman–Crippen LogP) is 16.6. The summed E-state index contributed by atoms with van der Waals surface area (Å²) in [5.74, 6) is 3.70. The van der Waals surface area contributed by atoms with Crippen molar-refractivity contribution >= 4 is 24.7 Å². The van der Waals surface area contributed by atoms with Crippen LogP contribution in [0.5, 0.6) is 34.5 Å². The fourth-order valence-electron chi connectivity index (χ4n) is 7.28. The summed E-state index contributed by atoms with van der Waals surface area (Å²) in [7, 11) is -8.95. The average Bonchev–Trinajstić information content (AvgIpc) is 3.31. The van der Waals surface area contributed by atoms with Crippen LogP contribution in [-0.4, -0.2) is 0 Å². The molecule has 0 unspecified atom stereocenters. The fourth-order valence-corrected chi connectivity index (χ4v) is 13.6. The van der Waals surface area contributed by atoms with Crippen LogP contribution in [0, 0.1) is 0 Å². The van der Waals surface area contributed by atoms with Crippen molar-refractivity contribution < 1.29 is 27.1 Å². The van der Waals surface area contributed by atoms with Gasteiger partial charge in [0, 0.05) is 0 Å². The zero-order valence-corrected chi connectivity index (χ0v) is 42.1. The molecule has 0 bridgehead atoms. The second-order valence-corrected chi connectivity index (χ2v) is 21.5. The van der Waals surface area contributed by atoms with Gasteiger partial charge in [-0.05, 0) is 0 Å². The average molecular weight is 935 g/mol. The molecule has 0 atom stereocenters. The molecule has 0 heterocycles. The molecule has 0 aromatic heterocycles. The molecule has 6 aromatic carbocycles. The number of hydrogen-bond donors (Lipinski definition) is 1. The maximum atomic E-state index is 7.19. The summed E-state index contributed by atoms with van der Waals surface area (Å²) in [5, 5.41) is 0. The van der Waals surface area contributed by atoms with Crippen LogP contribution in [0.15, 0.2) is 150 Å². The monoisotopic (exact) mass is 934 g/mol. The maximum absolute atomic E-state index is 7.19. The molecule has 0 aliphatic carbocycles. The van der Waals surface area contributed by atoms with Gasteiger partial charge in [-0.15, -0.1) is 0 Å². The van der Waals surface area contributed by atoms with E-state index in [1.165, 1.54) is 33.4 Å². The first-order valence-electron chi connectivity index (χ1n) is 23.6. The van der Waals surface area contributed by atoms with Crippen LogP contribution < -0.4 is 32.0 Å². The summed E-state index contributed by atoms with van der Waals surface area (Å²) < 4.78 is 47.2. The molecule has 0 saturated heterocycles. The van der Waals surface area contributed by atoms with Crippen molar-refractivity contribution in [3.05, 3.63) is 179 Å². The summed E-state index contributed by atoms with van der Waals surface area (Å²) in [5.41, 5.74) is 7.37. The molecule has 11 heteroatoms. The number of benzene rings is 6. The Hall–Kier alpha value is -4.83. The molecular weight excluding hydrogens is 866 g/mol. The van der Waals surface area contributed by atoms with Crippen LogP contribution in [0.25, 0.3) is 0 Å². The number of rotatable bonds is 27. The van der Waals surface area contributed by atoms with Gasteiger partial charge in [0.05, 0.1) is 0 Å². The van der Waals surface area contributed by atoms with Gasteiger partial charge < -0.3 is 0 Å². The Balaban J connectivity index is 1.53. The van der Waals surface area contributed by atoms with Gasteiger partial charge in [0.15, 0.2) is 0 Å². The first-order valence-corrected chi connectivity index (χ1v) is 27.8. The van der Waals surface area contributed by atoms with Crippen LogP contribution in [0.1, 0.15) is 113 Å². The van der Waals surface area contributed by atoms with Gasteiger partial charge in [0.1, 0.15) is 0 Å². The van der Waals surface area contributed by atoms with Crippen LogP contribution in [0.2, 0.25) is 0 Å².